The second kappa shape index (κ2) is 8.88. The van der Waals surface area contributed by atoms with E-state index in [4.69, 9.17) is 27.1 Å². The summed E-state index contributed by atoms with van der Waals surface area (Å²) in [6.07, 6.45) is 2.47. The van der Waals surface area contributed by atoms with E-state index in [1.165, 1.54) is 12.8 Å². The van der Waals surface area contributed by atoms with Gasteiger partial charge in [0.05, 0.1) is 25.8 Å². The van der Waals surface area contributed by atoms with Gasteiger partial charge >= 0.3 is 0 Å². The molecular weight excluding hydrogens is 336 g/mol. The molecule has 6 heteroatoms. The first-order chi connectivity index (χ1) is 12.1. The molecule has 2 aliphatic rings. The number of ether oxygens (including phenoxy) is 1. The lowest BCUT2D eigenvalue weighted by molar-refractivity contribution is 0.0179. The Bertz CT molecular complexity index is 589. The van der Waals surface area contributed by atoms with Gasteiger partial charge in [0.2, 0.25) is 0 Å². The van der Waals surface area contributed by atoms with Crippen molar-refractivity contribution in [1.29, 1.82) is 0 Å². The quantitative estimate of drug-likeness (QED) is 0.659. The van der Waals surface area contributed by atoms with Gasteiger partial charge in [-0.2, -0.15) is 0 Å². The monoisotopic (exact) mass is 364 g/mol. The number of hydrogen-bond donors (Lipinski definition) is 1. The number of hydrogen-bond acceptors (Lipinski definition) is 3. The lowest BCUT2D eigenvalue weighted by Crippen LogP contribution is -2.44. The number of morpholine rings is 1. The maximum atomic E-state index is 6.47. The second-order valence-electron chi connectivity index (χ2n) is 7.08. The molecule has 0 aromatic heterocycles. The SMILES string of the molecule is CC1CCCN(C(N)=NCC(c2ccccc2Cl)N2CCOCC2)C1. The molecule has 0 spiro atoms. The van der Waals surface area contributed by atoms with Crippen molar-refractivity contribution in [1.82, 2.24) is 9.80 Å². The van der Waals surface area contributed by atoms with Crippen LogP contribution in [-0.4, -0.2) is 61.7 Å². The average molecular weight is 365 g/mol. The molecule has 0 amide bonds. The van der Waals surface area contributed by atoms with Gasteiger partial charge in [0.15, 0.2) is 5.96 Å². The smallest absolute Gasteiger partial charge is 0.191 e. The maximum absolute atomic E-state index is 6.47. The summed E-state index contributed by atoms with van der Waals surface area (Å²) < 4.78 is 5.51. The number of rotatable bonds is 4. The van der Waals surface area contributed by atoms with Crippen molar-refractivity contribution in [3.63, 3.8) is 0 Å². The third-order valence-corrected chi connectivity index (χ3v) is 5.50. The fraction of sp³-hybridized carbons (Fsp3) is 0.632. The normalized spacial score (nSPS) is 24.3. The van der Waals surface area contributed by atoms with Crippen LogP contribution >= 0.6 is 11.6 Å². The van der Waals surface area contributed by atoms with Gasteiger partial charge in [-0.3, -0.25) is 9.89 Å². The summed E-state index contributed by atoms with van der Waals surface area (Å²) in [4.78, 5) is 9.38. The summed E-state index contributed by atoms with van der Waals surface area (Å²) in [7, 11) is 0. The van der Waals surface area contributed by atoms with Crippen molar-refractivity contribution >= 4 is 17.6 Å². The van der Waals surface area contributed by atoms with E-state index >= 15 is 0 Å². The van der Waals surface area contributed by atoms with Crippen LogP contribution in [0.4, 0.5) is 0 Å². The zero-order chi connectivity index (χ0) is 17.6. The van der Waals surface area contributed by atoms with Crippen LogP contribution in [0.1, 0.15) is 31.4 Å². The molecule has 0 aliphatic carbocycles. The topological polar surface area (TPSA) is 54.1 Å². The summed E-state index contributed by atoms with van der Waals surface area (Å²) in [6.45, 7) is 8.21. The number of likely N-dealkylation sites (tertiary alicyclic amines) is 1. The highest BCUT2D eigenvalue weighted by molar-refractivity contribution is 6.31. The summed E-state index contributed by atoms with van der Waals surface area (Å²) in [6, 6.07) is 8.18. The van der Waals surface area contributed by atoms with E-state index in [-0.39, 0.29) is 6.04 Å². The fourth-order valence-electron chi connectivity index (χ4n) is 3.72. The molecule has 2 saturated heterocycles. The molecular formula is C19H29ClN4O. The minimum absolute atomic E-state index is 0.137. The van der Waals surface area contributed by atoms with Crippen LogP contribution in [0.5, 0.6) is 0 Å². The highest BCUT2D eigenvalue weighted by Gasteiger charge is 2.25. The van der Waals surface area contributed by atoms with E-state index in [0.717, 1.165) is 50.0 Å². The van der Waals surface area contributed by atoms with Crippen LogP contribution in [-0.2, 0) is 4.74 Å². The molecule has 2 aliphatic heterocycles. The molecule has 2 unspecified atom stereocenters. The van der Waals surface area contributed by atoms with Gasteiger partial charge in [-0.05, 0) is 30.4 Å². The Morgan fingerprint density at radius 3 is 2.80 bits per heavy atom. The molecule has 2 heterocycles. The lowest BCUT2D eigenvalue weighted by Gasteiger charge is -2.35. The van der Waals surface area contributed by atoms with Crippen LogP contribution in [0.2, 0.25) is 5.02 Å². The number of benzene rings is 1. The Morgan fingerprint density at radius 1 is 1.32 bits per heavy atom. The van der Waals surface area contributed by atoms with E-state index in [0.29, 0.717) is 18.4 Å². The number of nitrogens with two attached hydrogens (primary N) is 1. The molecule has 2 fully saturated rings. The summed E-state index contributed by atoms with van der Waals surface area (Å²) >= 11 is 6.47. The minimum atomic E-state index is 0.137. The van der Waals surface area contributed by atoms with Crippen molar-refractivity contribution in [2.75, 3.05) is 45.9 Å². The van der Waals surface area contributed by atoms with Crippen LogP contribution in [0.15, 0.2) is 29.3 Å². The van der Waals surface area contributed by atoms with E-state index in [1.54, 1.807) is 0 Å². The van der Waals surface area contributed by atoms with Crippen LogP contribution < -0.4 is 5.73 Å². The zero-order valence-corrected chi connectivity index (χ0v) is 15.8. The van der Waals surface area contributed by atoms with Gasteiger partial charge in [0.25, 0.3) is 0 Å². The van der Waals surface area contributed by atoms with Crippen molar-refractivity contribution < 1.29 is 4.74 Å². The molecule has 0 radical (unpaired) electrons. The second-order valence-corrected chi connectivity index (χ2v) is 7.49. The van der Waals surface area contributed by atoms with E-state index in [9.17, 15) is 0 Å². The molecule has 1 aromatic carbocycles. The standard InChI is InChI=1S/C19H29ClN4O/c1-15-5-4-8-24(14-15)19(21)22-13-18(23-9-11-25-12-10-23)16-6-2-3-7-17(16)20/h2-3,6-7,15,18H,4-5,8-14H2,1H3,(H2,21,22). The highest BCUT2D eigenvalue weighted by atomic mass is 35.5. The molecule has 2 N–H and O–H groups in total. The predicted molar refractivity (Wildman–Crippen MR) is 103 cm³/mol. The Kier molecular flexibility index (Phi) is 6.57. The fourth-order valence-corrected chi connectivity index (χ4v) is 3.98. The van der Waals surface area contributed by atoms with Crippen molar-refractivity contribution in [3.05, 3.63) is 34.9 Å². The van der Waals surface area contributed by atoms with Gasteiger partial charge in [-0.25, -0.2) is 0 Å². The summed E-state index contributed by atoms with van der Waals surface area (Å²) in [5.74, 6) is 1.35. The number of guanidine groups is 1. The third-order valence-electron chi connectivity index (χ3n) is 5.16. The molecule has 3 rings (SSSR count). The molecule has 138 valence electrons. The van der Waals surface area contributed by atoms with E-state index < -0.39 is 0 Å². The Morgan fingerprint density at radius 2 is 2.08 bits per heavy atom. The van der Waals surface area contributed by atoms with Gasteiger partial charge in [-0.15, -0.1) is 0 Å². The molecule has 1 aromatic rings. The zero-order valence-electron chi connectivity index (χ0n) is 15.0. The first kappa shape index (κ1) is 18.5. The molecule has 0 bridgehead atoms. The summed E-state index contributed by atoms with van der Waals surface area (Å²) in [5.41, 5.74) is 7.42. The Balaban J connectivity index is 1.75. The number of piperidine rings is 1. The van der Waals surface area contributed by atoms with Crippen LogP contribution in [0.25, 0.3) is 0 Å². The van der Waals surface area contributed by atoms with E-state index in [2.05, 4.69) is 22.8 Å². The molecule has 5 nitrogen and oxygen atoms in total. The van der Waals surface area contributed by atoms with E-state index in [1.807, 2.05) is 18.2 Å². The maximum Gasteiger partial charge on any atom is 0.191 e. The number of aliphatic imine (C=N–C) groups is 1. The highest BCUT2D eigenvalue weighted by Crippen LogP contribution is 2.28. The largest absolute Gasteiger partial charge is 0.379 e. The van der Waals surface area contributed by atoms with Gasteiger partial charge in [0, 0.05) is 31.2 Å². The average Bonchev–Trinajstić information content (AvgIpc) is 2.64. The van der Waals surface area contributed by atoms with Crippen molar-refractivity contribution in [2.24, 2.45) is 16.6 Å². The number of nitrogens with zero attached hydrogens (tertiary/aromatic N) is 3. The molecule has 0 saturated carbocycles. The van der Waals surface area contributed by atoms with Gasteiger partial charge < -0.3 is 15.4 Å². The van der Waals surface area contributed by atoms with Crippen molar-refractivity contribution in [3.8, 4) is 0 Å². The van der Waals surface area contributed by atoms with Crippen molar-refractivity contribution in [2.45, 2.75) is 25.8 Å². The molecule has 25 heavy (non-hydrogen) atoms. The van der Waals surface area contributed by atoms with Gasteiger partial charge in [0.1, 0.15) is 0 Å². The van der Waals surface area contributed by atoms with Crippen LogP contribution in [0.3, 0.4) is 0 Å². The number of halogens is 1. The minimum Gasteiger partial charge on any atom is -0.379 e. The first-order valence-electron chi connectivity index (χ1n) is 9.26. The third kappa shape index (κ3) is 4.87. The lowest BCUT2D eigenvalue weighted by atomic mass is 10.0. The predicted octanol–water partition coefficient (Wildman–Crippen LogP) is 2.76. The Labute approximate surface area is 155 Å². The van der Waals surface area contributed by atoms with Gasteiger partial charge in [-0.1, -0.05) is 36.7 Å². The van der Waals surface area contributed by atoms with Crippen LogP contribution in [0, 0.1) is 5.92 Å². The summed E-state index contributed by atoms with van der Waals surface area (Å²) in [5, 5.41) is 0.791. The first-order valence-corrected chi connectivity index (χ1v) is 9.64. The molecule has 2 atom stereocenters. The Hall–Kier alpha value is -1.30.